The third-order valence-corrected chi connectivity index (χ3v) is 4.73. The van der Waals surface area contributed by atoms with Crippen LogP contribution in [0.5, 0.6) is 23.0 Å². The average Bonchev–Trinajstić information content (AvgIpc) is 3.27. The van der Waals surface area contributed by atoms with Crippen molar-refractivity contribution in [2.45, 2.75) is 6.42 Å². The van der Waals surface area contributed by atoms with Gasteiger partial charge in [-0.25, -0.2) is 0 Å². The van der Waals surface area contributed by atoms with Gasteiger partial charge >= 0.3 is 0 Å². The highest BCUT2D eigenvalue weighted by Crippen LogP contribution is 2.44. The van der Waals surface area contributed by atoms with Crippen LogP contribution < -0.4 is 18.9 Å². The van der Waals surface area contributed by atoms with Gasteiger partial charge in [0.05, 0.1) is 5.57 Å². The summed E-state index contributed by atoms with van der Waals surface area (Å²) < 4.78 is 24.2. The minimum Gasteiger partial charge on any atom is -0.457 e. The molecule has 0 saturated heterocycles. The van der Waals surface area contributed by atoms with Crippen LogP contribution in [-0.2, 0) is 9.78 Å². The second-order valence-corrected chi connectivity index (χ2v) is 6.56. The number of fused-ring (bicyclic) bond motifs is 3. The van der Waals surface area contributed by atoms with Gasteiger partial charge in [0.15, 0.2) is 34.5 Å². The predicted octanol–water partition coefficient (Wildman–Crippen LogP) is 4.84. The van der Waals surface area contributed by atoms with Gasteiger partial charge in [0.2, 0.25) is 11.5 Å². The molecule has 0 aromatic heterocycles. The highest BCUT2D eigenvalue weighted by atomic mass is 17.2. The van der Waals surface area contributed by atoms with Crippen LogP contribution >= 0.6 is 0 Å². The van der Waals surface area contributed by atoms with E-state index in [-0.39, 0.29) is 0 Å². The number of rotatable bonds is 2. The molecule has 0 amide bonds. The van der Waals surface area contributed by atoms with Crippen LogP contribution in [0.4, 0.5) is 0 Å². The third-order valence-electron chi connectivity index (χ3n) is 4.73. The second-order valence-electron chi connectivity index (χ2n) is 6.56. The largest absolute Gasteiger partial charge is 0.457 e. The lowest BCUT2D eigenvalue weighted by molar-refractivity contribution is -0.192. The lowest BCUT2D eigenvalue weighted by atomic mass is 9.98. The smallest absolute Gasteiger partial charge is 0.216 e. The zero-order valence-corrected chi connectivity index (χ0v) is 15.0. The minimum atomic E-state index is 0.377. The maximum Gasteiger partial charge on any atom is 0.216 e. The lowest BCUT2D eigenvalue weighted by Crippen LogP contribution is -2.20. The van der Waals surface area contributed by atoms with E-state index >= 15 is 0 Å². The molecule has 0 unspecified atom stereocenters. The molecule has 6 nitrogen and oxygen atoms in total. The number of hydrogen-bond donors (Lipinski definition) is 0. The van der Waals surface area contributed by atoms with Gasteiger partial charge in [0, 0.05) is 5.57 Å². The van der Waals surface area contributed by atoms with Crippen molar-refractivity contribution in [3.8, 4) is 23.0 Å². The maximum atomic E-state index is 6.21. The van der Waals surface area contributed by atoms with Crippen LogP contribution in [-0.4, -0.2) is 0 Å². The van der Waals surface area contributed by atoms with Gasteiger partial charge in [-0.15, -0.1) is 0 Å². The van der Waals surface area contributed by atoms with E-state index in [0.29, 0.717) is 58.0 Å². The fraction of sp³-hybridized carbons (Fsp3) is 0.0435. The lowest BCUT2D eigenvalue weighted by Gasteiger charge is -2.27. The first-order chi connectivity index (χ1) is 14.4. The Hall–Kier alpha value is -4.06. The Kier molecular flexibility index (Phi) is 3.43. The van der Waals surface area contributed by atoms with Gasteiger partial charge in [-0.2, -0.15) is 0 Å². The highest BCUT2D eigenvalue weighted by molar-refractivity contribution is 5.58. The zero-order chi connectivity index (χ0) is 19.2. The van der Waals surface area contributed by atoms with Gasteiger partial charge < -0.3 is 18.9 Å². The summed E-state index contributed by atoms with van der Waals surface area (Å²) in [6.07, 6.45) is 7.71. The molecule has 3 heterocycles. The number of para-hydroxylation sites is 2. The van der Waals surface area contributed by atoms with Crippen molar-refractivity contribution in [2.75, 3.05) is 0 Å². The summed E-state index contributed by atoms with van der Waals surface area (Å²) in [5, 5.41) is 0. The van der Waals surface area contributed by atoms with E-state index in [1.807, 2.05) is 36.4 Å². The summed E-state index contributed by atoms with van der Waals surface area (Å²) in [6.45, 7) is 0. The standard InChI is InChI=1S/C23H13O6/c1-2-9-17-16(8-1)24-13-20(26-17)23-22(27-18-10-3-4-11-19(18)28-23)15-7-5-6-14-12-25-29-21(14)15/h1-2,4-5,7-13H,6H2. The number of allylic oxidation sites excluding steroid dienone is 3. The molecule has 3 aliphatic heterocycles. The normalized spacial score (nSPS) is 18.5. The first kappa shape index (κ1) is 15.9. The average molecular weight is 385 g/mol. The molecule has 1 aliphatic carbocycles. The Labute approximate surface area is 166 Å². The summed E-state index contributed by atoms with van der Waals surface area (Å²) in [6, 6.07) is 15.7. The van der Waals surface area contributed by atoms with Crippen molar-refractivity contribution < 1.29 is 28.7 Å². The number of ether oxygens (including phenoxy) is 4. The molecule has 141 valence electrons. The molecule has 0 saturated carbocycles. The minimum absolute atomic E-state index is 0.377. The molecule has 2 aromatic rings. The van der Waals surface area contributed by atoms with Crippen molar-refractivity contribution in [3.05, 3.63) is 107 Å². The van der Waals surface area contributed by atoms with Crippen molar-refractivity contribution in [3.63, 3.8) is 0 Å². The zero-order valence-electron chi connectivity index (χ0n) is 15.0. The van der Waals surface area contributed by atoms with Crippen LogP contribution in [0.2, 0.25) is 0 Å². The second kappa shape index (κ2) is 6.24. The first-order valence-corrected chi connectivity index (χ1v) is 9.05. The Morgan fingerprint density at radius 2 is 1.66 bits per heavy atom. The molecule has 6 heteroatoms. The van der Waals surface area contributed by atoms with Crippen LogP contribution in [0, 0.1) is 6.07 Å². The molecule has 29 heavy (non-hydrogen) atoms. The number of hydrogen-bond acceptors (Lipinski definition) is 6. The summed E-state index contributed by atoms with van der Waals surface area (Å²) in [5.74, 6) is 4.10. The fourth-order valence-corrected chi connectivity index (χ4v) is 3.36. The molecule has 0 bridgehead atoms. The molecular formula is C23H13O6. The van der Waals surface area contributed by atoms with E-state index < -0.39 is 0 Å². The van der Waals surface area contributed by atoms with Crippen molar-refractivity contribution in [1.82, 2.24) is 0 Å². The van der Waals surface area contributed by atoms with Gasteiger partial charge in [-0.1, -0.05) is 30.4 Å². The van der Waals surface area contributed by atoms with Crippen LogP contribution in [0.15, 0.2) is 101 Å². The van der Waals surface area contributed by atoms with Gasteiger partial charge in [0.25, 0.3) is 0 Å². The summed E-state index contributed by atoms with van der Waals surface area (Å²) in [7, 11) is 0. The molecule has 0 spiro atoms. The number of benzene rings is 2. The summed E-state index contributed by atoms with van der Waals surface area (Å²) in [5.41, 5.74) is 1.61. The topological polar surface area (TPSA) is 55.4 Å². The van der Waals surface area contributed by atoms with E-state index in [1.165, 1.54) is 6.26 Å². The predicted molar refractivity (Wildman–Crippen MR) is 100 cm³/mol. The Bertz CT molecular complexity index is 1180. The van der Waals surface area contributed by atoms with E-state index in [0.717, 1.165) is 5.57 Å². The first-order valence-electron chi connectivity index (χ1n) is 9.05. The SMILES string of the molecule is [c]1ccc2c(c1)OC(C1=C3OOC=C3CC=C1)=C(C1=COc3ccccc3O1)O2. The summed E-state index contributed by atoms with van der Waals surface area (Å²) in [4.78, 5) is 10.4. The molecule has 6 rings (SSSR count). The molecule has 0 fully saturated rings. The van der Waals surface area contributed by atoms with Gasteiger partial charge in [-0.05, 0) is 36.8 Å². The van der Waals surface area contributed by atoms with E-state index in [1.54, 1.807) is 24.5 Å². The molecule has 0 atom stereocenters. The molecule has 0 N–H and O–H groups in total. The van der Waals surface area contributed by atoms with Gasteiger partial charge in [-0.3, -0.25) is 9.78 Å². The fourth-order valence-electron chi connectivity index (χ4n) is 3.36. The van der Waals surface area contributed by atoms with Crippen molar-refractivity contribution in [2.24, 2.45) is 0 Å². The van der Waals surface area contributed by atoms with E-state index in [9.17, 15) is 0 Å². The van der Waals surface area contributed by atoms with E-state index in [4.69, 9.17) is 28.7 Å². The molecular weight excluding hydrogens is 372 g/mol. The maximum absolute atomic E-state index is 6.21. The Balaban J connectivity index is 1.50. The van der Waals surface area contributed by atoms with Gasteiger partial charge in [0.1, 0.15) is 12.5 Å². The molecule has 2 aromatic carbocycles. The Morgan fingerprint density at radius 1 is 0.793 bits per heavy atom. The highest BCUT2D eigenvalue weighted by Gasteiger charge is 2.34. The quantitative estimate of drug-likeness (QED) is 0.690. The van der Waals surface area contributed by atoms with Crippen LogP contribution in [0.25, 0.3) is 0 Å². The van der Waals surface area contributed by atoms with Crippen molar-refractivity contribution >= 4 is 0 Å². The van der Waals surface area contributed by atoms with E-state index in [2.05, 4.69) is 6.07 Å². The van der Waals surface area contributed by atoms with Crippen LogP contribution in [0.3, 0.4) is 0 Å². The molecule has 1 radical (unpaired) electrons. The monoisotopic (exact) mass is 385 g/mol. The van der Waals surface area contributed by atoms with Crippen molar-refractivity contribution in [1.29, 1.82) is 0 Å². The van der Waals surface area contributed by atoms with Crippen LogP contribution in [0.1, 0.15) is 6.42 Å². The summed E-state index contributed by atoms with van der Waals surface area (Å²) >= 11 is 0. The third kappa shape index (κ3) is 2.57. The molecule has 4 aliphatic rings. The Morgan fingerprint density at radius 3 is 2.62 bits per heavy atom.